The summed E-state index contributed by atoms with van der Waals surface area (Å²) in [6.45, 7) is 5.78. The zero-order chi connectivity index (χ0) is 11.5. The summed E-state index contributed by atoms with van der Waals surface area (Å²) in [5, 5.41) is 8.98. The lowest BCUT2D eigenvalue weighted by Crippen LogP contribution is -2.34. The van der Waals surface area contributed by atoms with Gasteiger partial charge < -0.3 is 9.84 Å². The van der Waals surface area contributed by atoms with Gasteiger partial charge in [-0.25, -0.2) is 4.79 Å². The van der Waals surface area contributed by atoms with Gasteiger partial charge in [0.05, 0.1) is 13.2 Å². The largest absolute Gasteiger partial charge is 0.442 e. The molecule has 5 nitrogen and oxygen atoms in total. The molecule has 0 bridgehead atoms. The average molecular weight is 217 g/mol. The highest BCUT2D eigenvalue weighted by atomic mass is 16.7. The first kappa shape index (κ1) is 12.3. The molecule has 0 saturated heterocycles. The minimum atomic E-state index is -0.601. The van der Waals surface area contributed by atoms with Crippen molar-refractivity contribution in [1.82, 2.24) is 5.48 Å². The van der Waals surface area contributed by atoms with Crippen LogP contribution in [0.2, 0.25) is 0 Å². The second kappa shape index (κ2) is 4.37. The van der Waals surface area contributed by atoms with Crippen LogP contribution in [0.3, 0.4) is 0 Å². The molecule has 88 valence electrons. The Kier molecular flexibility index (Phi) is 3.57. The smallest absolute Gasteiger partial charge is 0.431 e. The third-order valence-corrected chi connectivity index (χ3v) is 2.23. The van der Waals surface area contributed by atoms with Crippen LogP contribution in [0, 0.1) is 5.41 Å². The molecule has 1 fully saturated rings. The highest BCUT2D eigenvalue weighted by Gasteiger charge is 2.42. The summed E-state index contributed by atoms with van der Waals surface area (Å²) >= 11 is 0. The van der Waals surface area contributed by atoms with Crippen molar-refractivity contribution in [3.8, 4) is 0 Å². The number of hydrogen-bond acceptors (Lipinski definition) is 4. The molecular formula is C10H19NO4. The summed E-state index contributed by atoms with van der Waals surface area (Å²) in [4.78, 5) is 16.1. The molecule has 0 heterocycles. The Hall–Kier alpha value is -0.810. The van der Waals surface area contributed by atoms with Gasteiger partial charge in [0.2, 0.25) is 0 Å². The minimum absolute atomic E-state index is 0.100. The van der Waals surface area contributed by atoms with Gasteiger partial charge in [0.25, 0.3) is 0 Å². The maximum absolute atomic E-state index is 11.1. The molecule has 5 heteroatoms. The Morgan fingerprint density at radius 1 is 1.47 bits per heavy atom. The average Bonchev–Trinajstić information content (AvgIpc) is 2.82. The Bertz CT molecular complexity index is 230. The molecule has 0 spiro atoms. The van der Waals surface area contributed by atoms with Crippen LogP contribution in [0.1, 0.15) is 33.6 Å². The van der Waals surface area contributed by atoms with E-state index in [-0.39, 0.29) is 12.0 Å². The number of aliphatic hydroxyl groups is 1. The fourth-order valence-corrected chi connectivity index (χ4v) is 1.07. The van der Waals surface area contributed by atoms with Gasteiger partial charge in [-0.05, 0) is 33.6 Å². The highest BCUT2D eigenvalue weighted by molar-refractivity contribution is 5.66. The van der Waals surface area contributed by atoms with Crippen molar-refractivity contribution in [3.05, 3.63) is 0 Å². The number of amides is 1. The fourth-order valence-electron chi connectivity index (χ4n) is 1.07. The van der Waals surface area contributed by atoms with E-state index in [0.717, 1.165) is 12.8 Å². The molecule has 1 aliphatic rings. The SMILES string of the molecule is CC(C)(C)OC(=O)NOCC1(CO)CC1. The van der Waals surface area contributed by atoms with E-state index in [0.29, 0.717) is 6.61 Å². The first-order valence-corrected chi connectivity index (χ1v) is 5.09. The highest BCUT2D eigenvalue weighted by Crippen LogP contribution is 2.44. The van der Waals surface area contributed by atoms with E-state index < -0.39 is 11.7 Å². The lowest BCUT2D eigenvalue weighted by molar-refractivity contribution is -0.0279. The lowest BCUT2D eigenvalue weighted by Gasteiger charge is -2.20. The van der Waals surface area contributed by atoms with Crippen molar-refractivity contribution >= 4 is 6.09 Å². The molecule has 1 aliphatic carbocycles. The first-order valence-electron chi connectivity index (χ1n) is 5.09. The predicted octanol–water partition coefficient (Wildman–Crippen LogP) is 1.22. The van der Waals surface area contributed by atoms with E-state index >= 15 is 0 Å². The van der Waals surface area contributed by atoms with Crippen LogP contribution >= 0.6 is 0 Å². The van der Waals surface area contributed by atoms with E-state index in [9.17, 15) is 4.79 Å². The Balaban J connectivity index is 2.12. The maximum Gasteiger partial charge on any atom is 0.431 e. The van der Waals surface area contributed by atoms with Gasteiger partial charge in [0, 0.05) is 5.41 Å². The van der Waals surface area contributed by atoms with Crippen molar-refractivity contribution in [3.63, 3.8) is 0 Å². The zero-order valence-corrected chi connectivity index (χ0v) is 9.50. The summed E-state index contributed by atoms with van der Waals surface area (Å²) in [7, 11) is 0. The fraction of sp³-hybridized carbons (Fsp3) is 0.900. The van der Waals surface area contributed by atoms with Crippen LogP contribution in [0.4, 0.5) is 4.79 Å². The van der Waals surface area contributed by atoms with Crippen LogP contribution in [0.5, 0.6) is 0 Å². The Labute approximate surface area is 89.7 Å². The Morgan fingerprint density at radius 3 is 2.47 bits per heavy atom. The third kappa shape index (κ3) is 4.48. The number of carbonyl (C=O) groups excluding carboxylic acids is 1. The van der Waals surface area contributed by atoms with E-state index in [4.69, 9.17) is 14.7 Å². The van der Waals surface area contributed by atoms with Crippen molar-refractivity contribution in [2.24, 2.45) is 5.41 Å². The van der Waals surface area contributed by atoms with Crippen molar-refractivity contribution in [2.45, 2.75) is 39.2 Å². The molecule has 1 rings (SSSR count). The van der Waals surface area contributed by atoms with Gasteiger partial charge in [-0.2, -0.15) is 5.48 Å². The summed E-state index contributed by atoms with van der Waals surface area (Å²) in [6.07, 6.45) is 1.29. The van der Waals surface area contributed by atoms with E-state index in [1.807, 2.05) is 0 Å². The predicted molar refractivity (Wildman–Crippen MR) is 54.1 cm³/mol. The molecule has 0 radical (unpaired) electrons. The Morgan fingerprint density at radius 2 is 2.07 bits per heavy atom. The van der Waals surface area contributed by atoms with Crippen molar-refractivity contribution in [1.29, 1.82) is 0 Å². The second-order valence-corrected chi connectivity index (χ2v) is 5.05. The molecule has 0 aromatic rings. The van der Waals surface area contributed by atoms with Crippen molar-refractivity contribution < 1.29 is 19.5 Å². The van der Waals surface area contributed by atoms with Gasteiger partial charge in [-0.3, -0.25) is 4.84 Å². The van der Waals surface area contributed by atoms with Crippen LogP contribution < -0.4 is 5.48 Å². The van der Waals surface area contributed by atoms with E-state index in [1.54, 1.807) is 20.8 Å². The van der Waals surface area contributed by atoms with Crippen LogP contribution in [-0.2, 0) is 9.57 Å². The van der Waals surface area contributed by atoms with E-state index in [1.165, 1.54) is 0 Å². The summed E-state index contributed by atoms with van der Waals surface area (Å²) in [5.41, 5.74) is 1.54. The number of hydrogen-bond donors (Lipinski definition) is 2. The molecule has 0 aliphatic heterocycles. The first-order chi connectivity index (χ1) is 6.87. The summed E-state index contributed by atoms with van der Waals surface area (Å²) < 4.78 is 4.97. The number of hydroxylamine groups is 1. The zero-order valence-electron chi connectivity index (χ0n) is 9.50. The lowest BCUT2D eigenvalue weighted by atomic mass is 10.1. The maximum atomic E-state index is 11.1. The molecule has 1 amide bonds. The molecule has 0 aromatic heterocycles. The molecule has 0 aromatic carbocycles. The van der Waals surface area contributed by atoms with Crippen molar-refractivity contribution in [2.75, 3.05) is 13.2 Å². The summed E-state index contributed by atoms with van der Waals surface area (Å²) in [5.74, 6) is 0. The van der Waals surface area contributed by atoms with Crippen LogP contribution in [0.15, 0.2) is 0 Å². The van der Waals surface area contributed by atoms with Gasteiger partial charge in [0.1, 0.15) is 5.60 Å². The number of aliphatic hydroxyl groups excluding tert-OH is 1. The monoisotopic (exact) mass is 217 g/mol. The number of ether oxygens (including phenoxy) is 1. The molecule has 15 heavy (non-hydrogen) atoms. The second-order valence-electron chi connectivity index (χ2n) is 5.05. The molecule has 0 atom stereocenters. The van der Waals surface area contributed by atoms with Crippen LogP contribution in [0.25, 0.3) is 0 Å². The van der Waals surface area contributed by atoms with Gasteiger partial charge in [-0.15, -0.1) is 0 Å². The minimum Gasteiger partial charge on any atom is -0.442 e. The normalized spacial score (nSPS) is 18.4. The molecule has 1 saturated carbocycles. The molecular weight excluding hydrogens is 198 g/mol. The van der Waals surface area contributed by atoms with Crippen LogP contribution in [-0.4, -0.2) is 30.0 Å². The van der Waals surface area contributed by atoms with E-state index in [2.05, 4.69) is 5.48 Å². The topological polar surface area (TPSA) is 67.8 Å². The third-order valence-electron chi connectivity index (χ3n) is 2.23. The number of rotatable bonds is 4. The quantitative estimate of drug-likeness (QED) is 0.695. The molecule has 0 unspecified atom stereocenters. The number of carbonyl (C=O) groups is 1. The van der Waals surface area contributed by atoms with Gasteiger partial charge in [-0.1, -0.05) is 0 Å². The van der Waals surface area contributed by atoms with Gasteiger partial charge >= 0.3 is 6.09 Å². The van der Waals surface area contributed by atoms with Gasteiger partial charge in [0.15, 0.2) is 0 Å². The summed E-state index contributed by atoms with van der Waals surface area (Å²) in [6, 6.07) is 0. The molecule has 2 N–H and O–H groups in total. The standard InChI is InChI=1S/C10H19NO4/c1-9(2,3)15-8(13)11-14-7-10(6-12)4-5-10/h12H,4-7H2,1-3H3,(H,11,13). The number of nitrogens with one attached hydrogen (secondary N) is 1.